The summed E-state index contributed by atoms with van der Waals surface area (Å²) in [5, 5.41) is 0. The molecule has 2 aromatic rings. The molecular formula is C16H21N3O3S. The smallest absolute Gasteiger partial charge is 0.240 e. The Morgan fingerprint density at radius 3 is 2.57 bits per heavy atom. The molecule has 0 amide bonds. The minimum absolute atomic E-state index is 0.260. The van der Waals surface area contributed by atoms with E-state index < -0.39 is 10.0 Å². The number of nitrogens with one attached hydrogen (secondary N) is 1. The van der Waals surface area contributed by atoms with Crippen LogP contribution in [0, 0.1) is 6.92 Å². The average Bonchev–Trinajstić information content (AvgIpc) is 3.29. The zero-order valence-electron chi connectivity index (χ0n) is 13.3. The molecule has 0 saturated heterocycles. The highest BCUT2D eigenvalue weighted by atomic mass is 32.2. The topological polar surface area (TPSA) is 75.4 Å². The van der Waals surface area contributed by atoms with Gasteiger partial charge in [0.2, 0.25) is 10.0 Å². The molecule has 124 valence electrons. The summed E-state index contributed by atoms with van der Waals surface area (Å²) in [5.74, 6) is 0.582. The van der Waals surface area contributed by atoms with Crippen LogP contribution < -0.4 is 4.72 Å². The van der Waals surface area contributed by atoms with Crippen LogP contribution in [0.4, 0.5) is 0 Å². The molecule has 23 heavy (non-hydrogen) atoms. The second-order valence-corrected chi connectivity index (χ2v) is 7.65. The summed E-state index contributed by atoms with van der Waals surface area (Å²) in [4.78, 5) is 6.68. The van der Waals surface area contributed by atoms with Crippen LogP contribution >= 0.6 is 0 Å². The lowest BCUT2D eigenvalue weighted by Gasteiger charge is -2.15. The first-order valence-corrected chi connectivity index (χ1v) is 9.16. The van der Waals surface area contributed by atoms with E-state index in [9.17, 15) is 8.42 Å². The van der Waals surface area contributed by atoms with Gasteiger partial charge in [0, 0.05) is 31.6 Å². The van der Waals surface area contributed by atoms with Crippen molar-refractivity contribution >= 4 is 10.0 Å². The Morgan fingerprint density at radius 1 is 1.30 bits per heavy atom. The minimum atomic E-state index is -3.48. The van der Waals surface area contributed by atoms with E-state index in [1.165, 1.54) is 12.8 Å². The van der Waals surface area contributed by atoms with E-state index in [-0.39, 0.29) is 4.90 Å². The second kappa shape index (κ2) is 6.43. The fourth-order valence-corrected chi connectivity index (χ4v) is 3.46. The number of nitrogens with zero attached hydrogens (tertiary/aromatic N) is 2. The van der Waals surface area contributed by atoms with Gasteiger partial charge in [-0.15, -0.1) is 0 Å². The molecule has 0 bridgehead atoms. The van der Waals surface area contributed by atoms with E-state index in [1.54, 1.807) is 37.5 Å². The molecule has 1 aliphatic rings. The number of likely N-dealkylation sites (N-methyl/N-ethyl adjacent to an activating group) is 1. The summed E-state index contributed by atoms with van der Waals surface area (Å²) in [6.45, 7) is 2.91. The Bertz CT molecular complexity index is 764. The van der Waals surface area contributed by atoms with E-state index in [0.717, 1.165) is 12.1 Å². The van der Waals surface area contributed by atoms with Gasteiger partial charge in [-0.2, -0.15) is 0 Å². The fraction of sp³-hybridized carbons (Fsp3) is 0.438. The lowest BCUT2D eigenvalue weighted by atomic mass is 10.2. The van der Waals surface area contributed by atoms with Gasteiger partial charge in [0.15, 0.2) is 5.89 Å². The maximum absolute atomic E-state index is 12.3. The SMILES string of the molecule is Cc1nc(-c2ccc(S(=O)(=O)NCCN(C)C3CC3)cc2)co1. The van der Waals surface area contributed by atoms with Gasteiger partial charge in [0.25, 0.3) is 0 Å². The second-order valence-electron chi connectivity index (χ2n) is 5.89. The molecule has 1 N–H and O–H groups in total. The highest BCUT2D eigenvalue weighted by Gasteiger charge is 2.25. The third-order valence-corrected chi connectivity index (χ3v) is 5.48. The largest absolute Gasteiger partial charge is 0.449 e. The van der Waals surface area contributed by atoms with Gasteiger partial charge >= 0.3 is 0 Å². The first-order valence-electron chi connectivity index (χ1n) is 7.68. The van der Waals surface area contributed by atoms with Crippen molar-refractivity contribution in [3.05, 3.63) is 36.4 Å². The standard InChI is InChI=1S/C16H21N3O3S/c1-12-18-16(11-22-12)13-3-7-15(8-4-13)23(20,21)17-9-10-19(2)14-5-6-14/h3-4,7-8,11,14,17H,5-6,9-10H2,1-2H3. The summed E-state index contributed by atoms with van der Waals surface area (Å²) in [5.41, 5.74) is 1.53. The van der Waals surface area contributed by atoms with Crippen LogP contribution in [0.1, 0.15) is 18.7 Å². The van der Waals surface area contributed by atoms with Crippen LogP contribution in [-0.4, -0.2) is 44.5 Å². The molecule has 0 radical (unpaired) electrons. The van der Waals surface area contributed by atoms with E-state index >= 15 is 0 Å². The summed E-state index contributed by atoms with van der Waals surface area (Å²) in [6.07, 6.45) is 3.99. The van der Waals surface area contributed by atoms with E-state index in [1.807, 2.05) is 7.05 Å². The lowest BCUT2D eigenvalue weighted by molar-refractivity contribution is 0.329. The maximum atomic E-state index is 12.3. The Kier molecular flexibility index (Phi) is 4.52. The maximum Gasteiger partial charge on any atom is 0.240 e. The third-order valence-electron chi connectivity index (χ3n) is 4.01. The molecule has 0 atom stereocenters. The number of hydrogen-bond acceptors (Lipinski definition) is 5. The van der Waals surface area contributed by atoms with Crippen molar-refractivity contribution in [1.82, 2.24) is 14.6 Å². The molecule has 0 spiro atoms. The van der Waals surface area contributed by atoms with Crippen molar-refractivity contribution in [3.8, 4) is 11.3 Å². The van der Waals surface area contributed by atoms with Crippen molar-refractivity contribution in [2.45, 2.75) is 30.7 Å². The van der Waals surface area contributed by atoms with Crippen LogP contribution in [0.25, 0.3) is 11.3 Å². The van der Waals surface area contributed by atoms with Crippen LogP contribution in [0.2, 0.25) is 0 Å². The predicted octanol–water partition coefficient (Wildman–Crippen LogP) is 2.02. The number of aryl methyl sites for hydroxylation is 1. The summed E-state index contributed by atoms with van der Waals surface area (Å²) < 4.78 is 32.4. The van der Waals surface area contributed by atoms with Gasteiger partial charge < -0.3 is 9.32 Å². The molecule has 6 nitrogen and oxygen atoms in total. The highest BCUT2D eigenvalue weighted by molar-refractivity contribution is 7.89. The van der Waals surface area contributed by atoms with Crippen LogP contribution in [0.5, 0.6) is 0 Å². The van der Waals surface area contributed by atoms with Gasteiger partial charge in [-0.25, -0.2) is 18.1 Å². The number of sulfonamides is 1. The van der Waals surface area contributed by atoms with Crippen LogP contribution in [0.3, 0.4) is 0 Å². The van der Waals surface area contributed by atoms with Crippen molar-refractivity contribution in [2.75, 3.05) is 20.1 Å². The number of aromatic nitrogens is 1. The zero-order chi connectivity index (χ0) is 16.4. The van der Waals surface area contributed by atoms with Crippen molar-refractivity contribution in [2.24, 2.45) is 0 Å². The fourth-order valence-electron chi connectivity index (χ4n) is 2.44. The van der Waals surface area contributed by atoms with E-state index in [0.29, 0.717) is 24.2 Å². The number of benzene rings is 1. The predicted molar refractivity (Wildman–Crippen MR) is 87.5 cm³/mol. The van der Waals surface area contributed by atoms with Crippen molar-refractivity contribution in [1.29, 1.82) is 0 Å². The molecule has 1 fully saturated rings. The zero-order valence-corrected chi connectivity index (χ0v) is 14.1. The van der Waals surface area contributed by atoms with Gasteiger partial charge in [-0.3, -0.25) is 0 Å². The molecule has 3 rings (SSSR count). The molecule has 7 heteroatoms. The quantitative estimate of drug-likeness (QED) is 0.838. The first kappa shape index (κ1) is 16.2. The van der Waals surface area contributed by atoms with Gasteiger partial charge in [-0.05, 0) is 32.0 Å². The van der Waals surface area contributed by atoms with Crippen LogP contribution in [0.15, 0.2) is 39.8 Å². The molecule has 0 unspecified atom stereocenters. The molecule has 1 aromatic heterocycles. The number of hydrogen-bond donors (Lipinski definition) is 1. The van der Waals surface area contributed by atoms with Gasteiger partial charge in [-0.1, -0.05) is 12.1 Å². The molecule has 1 aliphatic carbocycles. The van der Waals surface area contributed by atoms with Crippen molar-refractivity contribution < 1.29 is 12.8 Å². The molecule has 1 heterocycles. The number of rotatable bonds is 7. The lowest BCUT2D eigenvalue weighted by Crippen LogP contribution is -2.33. The minimum Gasteiger partial charge on any atom is -0.449 e. The average molecular weight is 335 g/mol. The number of oxazole rings is 1. The van der Waals surface area contributed by atoms with E-state index in [2.05, 4.69) is 14.6 Å². The van der Waals surface area contributed by atoms with Gasteiger partial charge in [0.05, 0.1) is 4.90 Å². The molecule has 1 saturated carbocycles. The Labute approximate surface area is 136 Å². The summed E-state index contributed by atoms with van der Waals surface area (Å²) in [6, 6.07) is 7.29. The normalized spacial score (nSPS) is 15.3. The van der Waals surface area contributed by atoms with Gasteiger partial charge in [0.1, 0.15) is 12.0 Å². The van der Waals surface area contributed by atoms with E-state index in [4.69, 9.17) is 4.42 Å². The first-order chi connectivity index (χ1) is 11.0. The van der Waals surface area contributed by atoms with Crippen molar-refractivity contribution in [3.63, 3.8) is 0 Å². The molecule has 0 aliphatic heterocycles. The Hall–Kier alpha value is -1.70. The Balaban J connectivity index is 1.62. The molecule has 1 aromatic carbocycles. The monoisotopic (exact) mass is 335 g/mol. The Morgan fingerprint density at radius 2 is 2.00 bits per heavy atom. The summed E-state index contributed by atoms with van der Waals surface area (Å²) >= 11 is 0. The molecular weight excluding hydrogens is 314 g/mol. The van der Waals surface area contributed by atoms with Crippen LogP contribution in [-0.2, 0) is 10.0 Å². The summed E-state index contributed by atoms with van der Waals surface area (Å²) in [7, 11) is -1.45. The highest BCUT2D eigenvalue weighted by Crippen LogP contribution is 2.24. The third kappa shape index (κ3) is 3.99.